The Balaban J connectivity index is 1.87. The van der Waals surface area contributed by atoms with E-state index in [1.54, 1.807) is 23.1 Å². The topological polar surface area (TPSA) is 75.7 Å². The summed E-state index contributed by atoms with van der Waals surface area (Å²) in [6.07, 6.45) is 1.90. The number of benzene rings is 1. The van der Waals surface area contributed by atoms with Crippen LogP contribution >= 0.6 is 11.6 Å². The normalized spacial score (nSPS) is 14.9. The summed E-state index contributed by atoms with van der Waals surface area (Å²) in [5.74, 6) is 0.252. The molecule has 7 heteroatoms. The average molecular weight is 367 g/mol. The van der Waals surface area contributed by atoms with Crippen LogP contribution in [0.25, 0.3) is 0 Å². The summed E-state index contributed by atoms with van der Waals surface area (Å²) in [6, 6.07) is 4.90. The maximum Gasteiger partial charge on any atom is 0.255 e. The van der Waals surface area contributed by atoms with Gasteiger partial charge in [0.2, 0.25) is 5.91 Å². The molecule has 0 unspecified atom stereocenters. The largest absolute Gasteiger partial charge is 0.496 e. The molecule has 0 radical (unpaired) electrons. The quantitative estimate of drug-likeness (QED) is 0.839. The van der Waals surface area contributed by atoms with E-state index in [1.807, 2.05) is 0 Å². The molecule has 1 aliphatic rings. The smallest absolute Gasteiger partial charge is 0.255 e. The number of carbonyl (C=O) groups excluding carboxylic acids is 3. The fraction of sp³-hybridized carbons (Fsp3) is 0.500. The lowest BCUT2D eigenvalue weighted by molar-refractivity contribution is -0.133. The van der Waals surface area contributed by atoms with Crippen LogP contribution in [0.3, 0.4) is 0 Å². The summed E-state index contributed by atoms with van der Waals surface area (Å²) in [7, 11) is 1.51. The van der Waals surface area contributed by atoms with Crippen molar-refractivity contribution < 1.29 is 19.1 Å². The van der Waals surface area contributed by atoms with Gasteiger partial charge in [0, 0.05) is 37.0 Å². The number of likely N-dealkylation sites (tertiary alicyclic amines) is 1. The van der Waals surface area contributed by atoms with Gasteiger partial charge in [0.05, 0.1) is 12.7 Å². The van der Waals surface area contributed by atoms with Crippen molar-refractivity contribution in [3.05, 3.63) is 28.8 Å². The molecule has 1 N–H and O–H groups in total. The van der Waals surface area contributed by atoms with Gasteiger partial charge in [-0.15, -0.1) is 0 Å². The number of rotatable bonds is 6. The monoisotopic (exact) mass is 366 g/mol. The highest BCUT2D eigenvalue weighted by Crippen LogP contribution is 2.23. The van der Waals surface area contributed by atoms with Crippen molar-refractivity contribution in [1.29, 1.82) is 0 Å². The molecule has 25 heavy (non-hydrogen) atoms. The molecule has 0 saturated carbocycles. The second-order valence-corrected chi connectivity index (χ2v) is 6.61. The summed E-state index contributed by atoms with van der Waals surface area (Å²) in [6.45, 7) is 2.64. The Morgan fingerprint density at radius 2 is 1.92 bits per heavy atom. The SMILES string of the molecule is COc1ccc(Cl)cc1C(=O)NC1CCN(C(=O)CCC(C)=O)CC1. The highest BCUT2D eigenvalue weighted by molar-refractivity contribution is 6.31. The number of hydrogen-bond acceptors (Lipinski definition) is 4. The van der Waals surface area contributed by atoms with Crippen molar-refractivity contribution in [2.45, 2.75) is 38.6 Å². The van der Waals surface area contributed by atoms with Crippen LogP contribution < -0.4 is 10.1 Å². The van der Waals surface area contributed by atoms with E-state index in [4.69, 9.17) is 16.3 Å². The summed E-state index contributed by atoms with van der Waals surface area (Å²) < 4.78 is 5.21. The third-order valence-corrected chi connectivity index (χ3v) is 4.52. The molecule has 6 nitrogen and oxygen atoms in total. The second kappa shape index (κ2) is 8.85. The van der Waals surface area contributed by atoms with Gasteiger partial charge in [-0.05, 0) is 38.0 Å². The van der Waals surface area contributed by atoms with E-state index in [0.717, 1.165) is 0 Å². The van der Waals surface area contributed by atoms with Gasteiger partial charge in [-0.1, -0.05) is 11.6 Å². The van der Waals surface area contributed by atoms with Crippen LogP contribution in [-0.4, -0.2) is 48.7 Å². The van der Waals surface area contributed by atoms with Gasteiger partial charge in [-0.2, -0.15) is 0 Å². The fourth-order valence-electron chi connectivity index (χ4n) is 2.84. The maximum atomic E-state index is 12.5. The molecule has 2 rings (SSSR count). The third-order valence-electron chi connectivity index (χ3n) is 4.28. The highest BCUT2D eigenvalue weighted by Gasteiger charge is 2.25. The van der Waals surface area contributed by atoms with Gasteiger partial charge in [-0.25, -0.2) is 0 Å². The molecular weight excluding hydrogens is 344 g/mol. The van der Waals surface area contributed by atoms with Crippen LogP contribution in [0, 0.1) is 0 Å². The molecule has 1 fully saturated rings. The summed E-state index contributed by atoms with van der Waals surface area (Å²) in [5, 5.41) is 3.45. The van der Waals surface area contributed by atoms with E-state index in [0.29, 0.717) is 42.3 Å². The maximum absolute atomic E-state index is 12.5. The Bertz CT molecular complexity index is 654. The van der Waals surface area contributed by atoms with Crippen molar-refractivity contribution in [3.63, 3.8) is 0 Å². The van der Waals surface area contributed by atoms with Gasteiger partial charge in [0.1, 0.15) is 11.5 Å². The molecule has 1 aromatic carbocycles. The first-order chi connectivity index (χ1) is 11.9. The second-order valence-electron chi connectivity index (χ2n) is 6.18. The highest BCUT2D eigenvalue weighted by atomic mass is 35.5. The molecule has 0 atom stereocenters. The van der Waals surface area contributed by atoms with Gasteiger partial charge < -0.3 is 19.7 Å². The van der Waals surface area contributed by atoms with Gasteiger partial charge in [-0.3, -0.25) is 9.59 Å². The minimum Gasteiger partial charge on any atom is -0.496 e. The predicted octanol–water partition coefficient (Wildman–Crippen LogP) is 2.44. The van der Waals surface area contributed by atoms with Crippen molar-refractivity contribution in [2.75, 3.05) is 20.2 Å². The molecule has 1 saturated heterocycles. The molecule has 0 aliphatic carbocycles. The minimum atomic E-state index is -0.235. The lowest BCUT2D eigenvalue weighted by atomic mass is 10.0. The molecular formula is C18H23ClN2O4. The molecule has 0 bridgehead atoms. The lowest BCUT2D eigenvalue weighted by Crippen LogP contribution is -2.46. The van der Waals surface area contributed by atoms with Gasteiger partial charge in [0.15, 0.2) is 0 Å². The molecule has 1 aliphatic heterocycles. The Morgan fingerprint density at radius 3 is 2.52 bits per heavy atom. The number of halogens is 1. The predicted molar refractivity (Wildman–Crippen MR) is 95.0 cm³/mol. The van der Waals surface area contributed by atoms with E-state index in [1.165, 1.54) is 14.0 Å². The molecule has 0 spiro atoms. The Morgan fingerprint density at radius 1 is 1.24 bits per heavy atom. The van der Waals surface area contributed by atoms with Crippen LogP contribution in [0.5, 0.6) is 5.75 Å². The van der Waals surface area contributed by atoms with Crippen LogP contribution in [-0.2, 0) is 9.59 Å². The number of hydrogen-bond donors (Lipinski definition) is 1. The number of Topliss-reactive ketones (excluding diaryl/α,β-unsaturated/α-hetero) is 1. The number of ketones is 1. The fourth-order valence-corrected chi connectivity index (χ4v) is 3.01. The minimum absolute atomic E-state index is 0.00325. The molecule has 1 heterocycles. The zero-order chi connectivity index (χ0) is 18.4. The standard InChI is InChI=1S/C18H23ClN2O4/c1-12(22)3-6-17(23)21-9-7-14(8-10-21)20-18(24)15-11-13(19)4-5-16(15)25-2/h4-5,11,14H,3,6-10H2,1-2H3,(H,20,24). The number of ether oxygens (including phenoxy) is 1. The number of nitrogens with zero attached hydrogens (tertiary/aromatic N) is 1. The summed E-state index contributed by atoms with van der Waals surface area (Å²) >= 11 is 5.96. The number of carbonyl (C=O) groups is 3. The molecule has 0 aromatic heterocycles. The van der Waals surface area contributed by atoms with E-state index >= 15 is 0 Å². The zero-order valence-electron chi connectivity index (χ0n) is 14.5. The third kappa shape index (κ3) is 5.46. The van der Waals surface area contributed by atoms with Crippen molar-refractivity contribution in [3.8, 4) is 5.75 Å². The Labute approximate surface area is 152 Å². The number of methoxy groups -OCH3 is 1. The average Bonchev–Trinajstić information content (AvgIpc) is 2.60. The number of piperidine rings is 1. The number of nitrogens with one attached hydrogen (secondary N) is 1. The first-order valence-corrected chi connectivity index (χ1v) is 8.70. The summed E-state index contributed by atoms with van der Waals surface area (Å²) in [5.41, 5.74) is 0.398. The van der Waals surface area contributed by atoms with Crippen molar-refractivity contribution in [2.24, 2.45) is 0 Å². The van der Waals surface area contributed by atoms with Crippen LogP contribution in [0.1, 0.15) is 43.0 Å². The Hall–Kier alpha value is -2.08. The molecule has 1 aromatic rings. The first-order valence-electron chi connectivity index (χ1n) is 8.32. The molecule has 2 amide bonds. The number of amides is 2. The lowest BCUT2D eigenvalue weighted by Gasteiger charge is -2.32. The van der Waals surface area contributed by atoms with Crippen LogP contribution in [0.15, 0.2) is 18.2 Å². The van der Waals surface area contributed by atoms with Crippen LogP contribution in [0.4, 0.5) is 0 Å². The molecule has 136 valence electrons. The van der Waals surface area contributed by atoms with Gasteiger partial charge in [0.25, 0.3) is 5.91 Å². The Kier molecular flexibility index (Phi) is 6.82. The van der Waals surface area contributed by atoms with E-state index in [9.17, 15) is 14.4 Å². The van der Waals surface area contributed by atoms with Crippen LogP contribution in [0.2, 0.25) is 5.02 Å². The van der Waals surface area contributed by atoms with E-state index < -0.39 is 0 Å². The van der Waals surface area contributed by atoms with E-state index in [-0.39, 0.29) is 36.5 Å². The van der Waals surface area contributed by atoms with E-state index in [2.05, 4.69) is 5.32 Å². The van der Waals surface area contributed by atoms with Crippen molar-refractivity contribution >= 4 is 29.2 Å². The zero-order valence-corrected chi connectivity index (χ0v) is 15.3. The first kappa shape index (κ1) is 19.2. The van der Waals surface area contributed by atoms with Crippen molar-refractivity contribution in [1.82, 2.24) is 10.2 Å². The summed E-state index contributed by atoms with van der Waals surface area (Å²) in [4.78, 5) is 37.2. The van der Waals surface area contributed by atoms with Gasteiger partial charge >= 0.3 is 0 Å².